The van der Waals surface area contributed by atoms with E-state index in [0.717, 1.165) is 17.9 Å². The van der Waals surface area contributed by atoms with Gasteiger partial charge in [-0.25, -0.2) is 0 Å². The number of nitrogens with one attached hydrogen (secondary N) is 1. The van der Waals surface area contributed by atoms with Crippen molar-refractivity contribution in [2.75, 3.05) is 11.5 Å². The van der Waals surface area contributed by atoms with Gasteiger partial charge >= 0.3 is 0 Å². The molecule has 0 saturated carbocycles. The zero-order valence-electron chi connectivity index (χ0n) is 12.5. The number of rotatable bonds is 8. The molecule has 5 N–H and O–H groups in total. The molecule has 0 bridgehead atoms. The molecule has 1 amide bonds. The number of thioether (sulfide) groups is 1. The van der Waals surface area contributed by atoms with Gasteiger partial charge in [0.05, 0.1) is 6.04 Å². The Morgan fingerprint density at radius 2 is 2.10 bits per heavy atom. The first-order valence-electron chi connectivity index (χ1n) is 7.08. The predicted octanol–water partition coefficient (Wildman–Crippen LogP) is 1.62. The summed E-state index contributed by atoms with van der Waals surface area (Å²) in [6.45, 7) is 4.07. The number of hydrogen-bond acceptors (Lipinski definition) is 5. The molecule has 0 radical (unpaired) electrons. The first kappa shape index (κ1) is 17.7. The second-order valence-electron chi connectivity index (χ2n) is 5.03. The van der Waals surface area contributed by atoms with Crippen LogP contribution in [0, 0.1) is 0 Å². The molecule has 0 aliphatic rings. The van der Waals surface area contributed by atoms with Gasteiger partial charge in [-0.2, -0.15) is 11.8 Å². The minimum Gasteiger partial charge on any atom is -0.504 e. The Bertz CT molecular complexity index is 468. The number of phenols is 2. The molecule has 0 spiro atoms. The molecular weight excluding hydrogens is 288 g/mol. The predicted molar refractivity (Wildman–Crippen MR) is 86.7 cm³/mol. The van der Waals surface area contributed by atoms with Gasteiger partial charge in [-0.05, 0) is 49.0 Å². The summed E-state index contributed by atoms with van der Waals surface area (Å²) in [6.07, 6.45) is 1.23. The van der Waals surface area contributed by atoms with Gasteiger partial charge in [-0.1, -0.05) is 13.0 Å². The molecule has 1 unspecified atom stereocenters. The van der Waals surface area contributed by atoms with Gasteiger partial charge < -0.3 is 21.3 Å². The lowest BCUT2D eigenvalue weighted by molar-refractivity contribution is -0.122. The zero-order valence-corrected chi connectivity index (χ0v) is 13.3. The molecule has 0 aliphatic heterocycles. The summed E-state index contributed by atoms with van der Waals surface area (Å²) in [4.78, 5) is 12.0. The van der Waals surface area contributed by atoms with Gasteiger partial charge in [0, 0.05) is 6.04 Å². The van der Waals surface area contributed by atoms with E-state index in [1.807, 2.05) is 18.7 Å². The van der Waals surface area contributed by atoms with E-state index in [1.54, 1.807) is 6.07 Å². The van der Waals surface area contributed by atoms with Crippen molar-refractivity contribution >= 4 is 17.7 Å². The average molecular weight is 312 g/mol. The van der Waals surface area contributed by atoms with Gasteiger partial charge in [0.1, 0.15) is 0 Å². The Morgan fingerprint density at radius 3 is 2.71 bits per heavy atom. The Balaban J connectivity index is 2.44. The van der Waals surface area contributed by atoms with Crippen molar-refractivity contribution in [2.24, 2.45) is 5.73 Å². The van der Waals surface area contributed by atoms with Gasteiger partial charge in [-0.15, -0.1) is 0 Å². The highest BCUT2D eigenvalue weighted by atomic mass is 32.2. The van der Waals surface area contributed by atoms with Crippen LogP contribution in [0.1, 0.15) is 25.8 Å². The van der Waals surface area contributed by atoms with E-state index in [4.69, 9.17) is 5.73 Å². The van der Waals surface area contributed by atoms with E-state index in [9.17, 15) is 15.0 Å². The number of amides is 1. The largest absolute Gasteiger partial charge is 0.504 e. The fourth-order valence-corrected chi connectivity index (χ4v) is 2.68. The summed E-state index contributed by atoms with van der Waals surface area (Å²) in [5, 5.41) is 21.6. The Morgan fingerprint density at radius 1 is 1.38 bits per heavy atom. The second-order valence-corrected chi connectivity index (χ2v) is 6.42. The maximum atomic E-state index is 12.0. The van der Waals surface area contributed by atoms with E-state index in [0.29, 0.717) is 12.0 Å². The quantitative estimate of drug-likeness (QED) is 0.432. The summed E-state index contributed by atoms with van der Waals surface area (Å²) in [6, 6.07) is 3.87. The second kappa shape index (κ2) is 8.79. The van der Waals surface area contributed by atoms with Crippen molar-refractivity contribution in [3.05, 3.63) is 23.8 Å². The third-order valence-electron chi connectivity index (χ3n) is 3.12. The van der Waals surface area contributed by atoms with Crippen molar-refractivity contribution in [1.82, 2.24) is 5.32 Å². The molecule has 1 aromatic rings. The molecular formula is C15H24N2O3S. The highest BCUT2D eigenvalue weighted by Crippen LogP contribution is 2.25. The van der Waals surface area contributed by atoms with Gasteiger partial charge in [0.2, 0.25) is 5.91 Å². The maximum Gasteiger partial charge on any atom is 0.237 e. The van der Waals surface area contributed by atoms with Crippen LogP contribution < -0.4 is 11.1 Å². The molecule has 6 heteroatoms. The summed E-state index contributed by atoms with van der Waals surface area (Å²) < 4.78 is 0. The summed E-state index contributed by atoms with van der Waals surface area (Å²) >= 11 is 1.84. The minimum atomic E-state index is -0.671. The van der Waals surface area contributed by atoms with Crippen LogP contribution in [0.5, 0.6) is 11.5 Å². The number of aromatic hydroxyl groups is 2. The topological polar surface area (TPSA) is 95.6 Å². The van der Waals surface area contributed by atoms with E-state index >= 15 is 0 Å². The molecule has 5 nitrogen and oxygen atoms in total. The fraction of sp³-hybridized carbons (Fsp3) is 0.533. The zero-order chi connectivity index (χ0) is 15.8. The van der Waals surface area contributed by atoms with Crippen LogP contribution in [0.15, 0.2) is 18.2 Å². The van der Waals surface area contributed by atoms with E-state index < -0.39 is 6.04 Å². The number of carbonyl (C=O) groups is 1. The lowest BCUT2D eigenvalue weighted by Crippen LogP contribution is -2.45. The van der Waals surface area contributed by atoms with Gasteiger partial charge in [0.25, 0.3) is 0 Å². The number of nitrogens with two attached hydrogens (primary N) is 1. The standard InChI is InChI=1S/C15H24N2O3S/c1-3-21-7-6-10(2)17-15(20)12(16)8-11-4-5-13(18)14(19)9-11/h4-5,9-10,12,18-19H,3,6-8,16H2,1-2H3,(H,17,20)/t10?,12-/m0/s1. The first-order valence-corrected chi connectivity index (χ1v) is 8.24. The third-order valence-corrected chi connectivity index (χ3v) is 4.05. The molecule has 118 valence electrons. The highest BCUT2D eigenvalue weighted by molar-refractivity contribution is 7.99. The molecule has 0 aliphatic carbocycles. The summed E-state index contributed by atoms with van der Waals surface area (Å²) in [5.41, 5.74) is 6.59. The Hall–Kier alpha value is -1.40. The SMILES string of the molecule is CCSCCC(C)NC(=O)[C@@H](N)Cc1ccc(O)c(O)c1. The van der Waals surface area contributed by atoms with Crippen molar-refractivity contribution < 1.29 is 15.0 Å². The Kier molecular flexibility index (Phi) is 7.39. The van der Waals surface area contributed by atoms with E-state index in [1.165, 1.54) is 12.1 Å². The van der Waals surface area contributed by atoms with Crippen molar-refractivity contribution in [3.8, 4) is 11.5 Å². The minimum absolute atomic E-state index is 0.0934. The van der Waals surface area contributed by atoms with E-state index in [2.05, 4.69) is 12.2 Å². The molecule has 2 atom stereocenters. The monoisotopic (exact) mass is 312 g/mol. The van der Waals surface area contributed by atoms with E-state index in [-0.39, 0.29) is 23.4 Å². The molecule has 0 heterocycles. The lowest BCUT2D eigenvalue weighted by atomic mass is 10.0. The third kappa shape index (κ3) is 6.27. The van der Waals surface area contributed by atoms with Crippen LogP contribution in [0.25, 0.3) is 0 Å². The Labute approximate surface area is 129 Å². The van der Waals surface area contributed by atoms with Crippen LogP contribution in [0.4, 0.5) is 0 Å². The summed E-state index contributed by atoms with van der Waals surface area (Å²) in [5.74, 6) is 1.50. The van der Waals surface area contributed by atoms with Crippen LogP contribution in [-0.2, 0) is 11.2 Å². The van der Waals surface area contributed by atoms with Crippen LogP contribution in [0.2, 0.25) is 0 Å². The van der Waals surface area contributed by atoms with Crippen molar-refractivity contribution in [3.63, 3.8) is 0 Å². The molecule has 0 fully saturated rings. The number of phenolic OH excluding ortho intramolecular Hbond substituents is 2. The molecule has 1 aromatic carbocycles. The van der Waals surface area contributed by atoms with Crippen LogP contribution >= 0.6 is 11.8 Å². The highest BCUT2D eigenvalue weighted by Gasteiger charge is 2.16. The molecule has 1 rings (SSSR count). The van der Waals surface area contributed by atoms with Crippen LogP contribution in [-0.4, -0.2) is 39.7 Å². The lowest BCUT2D eigenvalue weighted by Gasteiger charge is -2.17. The number of benzene rings is 1. The van der Waals surface area contributed by atoms with Gasteiger partial charge in [0.15, 0.2) is 11.5 Å². The van der Waals surface area contributed by atoms with Crippen LogP contribution in [0.3, 0.4) is 0 Å². The smallest absolute Gasteiger partial charge is 0.237 e. The van der Waals surface area contributed by atoms with Crippen molar-refractivity contribution in [2.45, 2.75) is 38.8 Å². The maximum absolute atomic E-state index is 12.0. The molecule has 21 heavy (non-hydrogen) atoms. The fourth-order valence-electron chi connectivity index (χ4n) is 1.87. The van der Waals surface area contributed by atoms with Crippen molar-refractivity contribution in [1.29, 1.82) is 0 Å². The molecule has 0 aromatic heterocycles. The number of hydrogen-bond donors (Lipinski definition) is 4. The summed E-state index contributed by atoms with van der Waals surface area (Å²) in [7, 11) is 0. The average Bonchev–Trinajstić information content (AvgIpc) is 2.43. The normalized spacial score (nSPS) is 13.7. The molecule has 0 saturated heterocycles. The first-order chi connectivity index (χ1) is 9.93. The van der Waals surface area contributed by atoms with Gasteiger partial charge in [-0.3, -0.25) is 4.79 Å². The number of carbonyl (C=O) groups excluding carboxylic acids is 1.